The number of carbonyl (C=O) groups is 1. The van der Waals surface area contributed by atoms with Gasteiger partial charge < -0.3 is 5.11 Å². The fourth-order valence-corrected chi connectivity index (χ4v) is 1.19. The highest BCUT2D eigenvalue weighted by Crippen LogP contribution is 2.17. The molecule has 0 saturated carbocycles. The summed E-state index contributed by atoms with van der Waals surface area (Å²) in [6.45, 7) is 5.88. The van der Waals surface area contributed by atoms with Gasteiger partial charge in [-0.05, 0) is 24.5 Å². The zero-order valence-corrected chi connectivity index (χ0v) is 8.29. The molecule has 0 aliphatic rings. The van der Waals surface area contributed by atoms with E-state index in [1.165, 1.54) is 5.56 Å². The molecule has 1 N–H and O–H groups in total. The van der Waals surface area contributed by atoms with Gasteiger partial charge in [0.25, 0.3) is 0 Å². The molecule has 1 rings (SSSR count). The molecule has 0 aromatic heterocycles. The number of allylic oxidation sites excluding steroid dienone is 1. The van der Waals surface area contributed by atoms with E-state index in [2.05, 4.69) is 6.58 Å². The molecule has 0 aliphatic carbocycles. The van der Waals surface area contributed by atoms with E-state index in [0.717, 1.165) is 11.1 Å². The maximum absolute atomic E-state index is 10.3. The van der Waals surface area contributed by atoms with Crippen LogP contribution >= 0.6 is 0 Å². The Bertz CT molecular complexity index is 336. The SMILES string of the molecule is C=C(CCC(=O)O)c1ccc(C)cc1. The first-order chi connectivity index (χ1) is 6.59. The molecule has 0 heterocycles. The van der Waals surface area contributed by atoms with Gasteiger partial charge in [-0.25, -0.2) is 0 Å². The lowest BCUT2D eigenvalue weighted by Gasteiger charge is -2.04. The van der Waals surface area contributed by atoms with Crippen LogP contribution in [0.1, 0.15) is 24.0 Å². The number of carboxylic acid groups (broad SMARTS) is 1. The topological polar surface area (TPSA) is 37.3 Å². The second-order valence-corrected chi connectivity index (χ2v) is 3.36. The maximum atomic E-state index is 10.3. The number of aliphatic carboxylic acids is 1. The van der Waals surface area contributed by atoms with E-state index in [1.54, 1.807) is 0 Å². The summed E-state index contributed by atoms with van der Waals surface area (Å²) < 4.78 is 0. The standard InChI is InChI=1S/C12H14O2/c1-9-3-6-11(7-4-9)10(2)5-8-12(13)14/h3-4,6-7H,2,5,8H2,1H3,(H,13,14). The molecule has 0 saturated heterocycles. The first kappa shape index (κ1) is 10.5. The summed E-state index contributed by atoms with van der Waals surface area (Å²) in [5.41, 5.74) is 3.10. The lowest BCUT2D eigenvalue weighted by atomic mass is 10.0. The molecule has 74 valence electrons. The van der Waals surface area contributed by atoms with E-state index in [9.17, 15) is 4.79 Å². The molecule has 2 heteroatoms. The third-order valence-corrected chi connectivity index (χ3v) is 2.10. The van der Waals surface area contributed by atoms with E-state index < -0.39 is 5.97 Å². The van der Waals surface area contributed by atoms with Crippen LogP contribution in [0.4, 0.5) is 0 Å². The lowest BCUT2D eigenvalue weighted by Crippen LogP contribution is -1.94. The van der Waals surface area contributed by atoms with Gasteiger partial charge in [0.1, 0.15) is 0 Å². The van der Waals surface area contributed by atoms with Crippen molar-refractivity contribution >= 4 is 11.5 Å². The average Bonchev–Trinajstić information content (AvgIpc) is 2.15. The Labute approximate surface area is 83.9 Å². The molecule has 0 atom stereocenters. The zero-order chi connectivity index (χ0) is 10.6. The normalized spacial score (nSPS) is 9.79. The average molecular weight is 190 g/mol. The fraction of sp³-hybridized carbons (Fsp3) is 0.250. The highest BCUT2D eigenvalue weighted by atomic mass is 16.4. The lowest BCUT2D eigenvalue weighted by molar-refractivity contribution is -0.136. The van der Waals surface area contributed by atoms with Crippen molar-refractivity contribution in [3.63, 3.8) is 0 Å². The molecule has 0 spiro atoms. The molecule has 0 bridgehead atoms. The number of hydrogen-bond donors (Lipinski definition) is 1. The minimum absolute atomic E-state index is 0.146. The van der Waals surface area contributed by atoms with Gasteiger partial charge in [0, 0.05) is 6.42 Å². The van der Waals surface area contributed by atoms with Crippen LogP contribution in [0.25, 0.3) is 5.57 Å². The number of benzene rings is 1. The second-order valence-electron chi connectivity index (χ2n) is 3.36. The molecule has 0 fully saturated rings. The summed E-state index contributed by atoms with van der Waals surface area (Å²) in [4.78, 5) is 10.3. The summed E-state index contributed by atoms with van der Waals surface area (Å²) in [5.74, 6) is -0.779. The minimum atomic E-state index is -0.779. The van der Waals surface area contributed by atoms with Crippen LogP contribution in [-0.4, -0.2) is 11.1 Å². The van der Waals surface area contributed by atoms with E-state index in [-0.39, 0.29) is 6.42 Å². The Morgan fingerprint density at radius 2 is 1.86 bits per heavy atom. The fourth-order valence-electron chi connectivity index (χ4n) is 1.19. The van der Waals surface area contributed by atoms with E-state index in [0.29, 0.717) is 6.42 Å². The van der Waals surface area contributed by atoms with E-state index in [4.69, 9.17) is 5.11 Å². The van der Waals surface area contributed by atoms with Gasteiger partial charge in [0.2, 0.25) is 0 Å². The monoisotopic (exact) mass is 190 g/mol. The van der Waals surface area contributed by atoms with Crippen LogP contribution in [0, 0.1) is 6.92 Å². The number of hydrogen-bond acceptors (Lipinski definition) is 1. The first-order valence-corrected chi connectivity index (χ1v) is 4.56. The highest BCUT2D eigenvalue weighted by Gasteiger charge is 2.01. The Morgan fingerprint density at radius 3 is 2.36 bits per heavy atom. The van der Waals surface area contributed by atoms with Crippen molar-refractivity contribution in [3.8, 4) is 0 Å². The summed E-state index contributed by atoms with van der Waals surface area (Å²) in [6, 6.07) is 7.95. The van der Waals surface area contributed by atoms with Gasteiger partial charge in [-0.2, -0.15) is 0 Å². The molecular weight excluding hydrogens is 176 g/mol. The van der Waals surface area contributed by atoms with E-state index in [1.807, 2.05) is 31.2 Å². The van der Waals surface area contributed by atoms with Gasteiger partial charge >= 0.3 is 5.97 Å². The molecule has 1 aromatic carbocycles. The summed E-state index contributed by atoms with van der Waals surface area (Å²) in [7, 11) is 0. The van der Waals surface area contributed by atoms with Crippen LogP contribution in [0.2, 0.25) is 0 Å². The molecule has 0 aliphatic heterocycles. The number of rotatable bonds is 4. The quantitative estimate of drug-likeness (QED) is 0.792. The largest absolute Gasteiger partial charge is 0.481 e. The van der Waals surface area contributed by atoms with Gasteiger partial charge in [-0.1, -0.05) is 36.4 Å². The van der Waals surface area contributed by atoms with Crippen LogP contribution in [0.3, 0.4) is 0 Å². The number of aryl methyl sites for hydroxylation is 1. The van der Waals surface area contributed by atoms with Crippen LogP contribution < -0.4 is 0 Å². The molecule has 0 unspecified atom stereocenters. The van der Waals surface area contributed by atoms with Crippen LogP contribution in [-0.2, 0) is 4.79 Å². The van der Waals surface area contributed by atoms with Crippen LogP contribution in [0.15, 0.2) is 30.8 Å². The zero-order valence-electron chi connectivity index (χ0n) is 8.29. The van der Waals surface area contributed by atoms with Gasteiger partial charge in [-0.15, -0.1) is 0 Å². The van der Waals surface area contributed by atoms with Crippen molar-refractivity contribution in [2.75, 3.05) is 0 Å². The molecule has 14 heavy (non-hydrogen) atoms. The first-order valence-electron chi connectivity index (χ1n) is 4.56. The van der Waals surface area contributed by atoms with Crippen molar-refractivity contribution in [1.82, 2.24) is 0 Å². The third kappa shape index (κ3) is 3.05. The van der Waals surface area contributed by atoms with E-state index >= 15 is 0 Å². The Morgan fingerprint density at radius 1 is 1.29 bits per heavy atom. The predicted molar refractivity (Wildman–Crippen MR) is 57.1 cm³/mol. The van der Waals surface area contributed by atoms with Gasteiger partial charge in [-0.3, -0.25) is 4.79 Å². The van der Waals surface area contributed by atoms with Crippen molar-refractivity contribution in [2.45, 2.75) is 19.8 Å². The molecule has 0 radical (unpaired) electrons. The van der Waals surface area contributed by atoms with Gasteiger partial charge in [0.15, 0.2) is 0 Å². The molecule has 1 aromatic rings. The van der Waals surface area contributed by atoms with Crippen molar-refractivity contribution < 1.29 is 9.90 Å². The summed E-state index contributed by atoms with van der Waals surface area (Å²) in [6.07, 6.45) is 0.658. The minimum Gasteiger partial charge on any atom is -0.481 e. The van der Waals surface area contributed by atoms with Crippen molar-refractivity contribution in [1.29, 1.82) is 0 Å². The predicted octanol–water partition coefficient (Wildman–Crippen LogP) is 2.87. The Hall–Kier alpha value is -1.57. The highest BCUT2D eigenvalue weighted by molar-refractivity contribution is 5.72. The molecule has 2 nitrogen and oxygen atoms in total. The summed E-state index contributed by atoms with van der Waals surface area (Å²) >= 11 is 0. The van der Waals surface area contributed by atoms with Crippen molar-refractivity contribution in [3.05, 3.63) is 42.0 Å². The third-order valence-electron chi connectivity index (χ3n) is 2.10. The second kappa shape index (κ2) is 4.61. The number of carboxylic acids is 1. The Balaban J connectivity index is 2.61. The van der Waals surface area contributed by atoms with Gasteiger partial charge in [0.05, 0.1) is 0 Å². The smallest absolute Gasteiger partial charge is 0.303 e. The molecule has 0 amide bonds. The maximum Gasteiger partial charge on any atom is 0.303 e. The summed E-state index contributed by atoms with van der Waals surface area (Å²) in [5, 5.41) is 8.51. The molecular formula is C12H14O2. The Kier molecular flexibility index (Phi) is 3.46. The van der Waals surface area contributed by atoms with Crippen molar-refractivity contribution in [2.24, 2.45) is 0 Å². The van der Waals surface area contributed by atoms with Crippen LogP contribution in [0.5, 0.6) is 0 Å².